The number of nitrogens with zero attached hydrogens (tertiary/aromatic N) is 1. The number of halogens is 1. The van der Waals surface area contributed by atoms with Crippen LogP contribution in [-0.2, 0) is 4.79 Å². The van der Waals surface area contributed by atoms with E-state index in [9.17, 15) is 4.79 Å². The Balaban J connectivity index is 1.85. The Morgan fingerprint density at radius 3 is 2.54 bits per heavy atom. The van der Waals surface area contributed by atoms with Gasteiger partial charge in [0.1, 0.15) is 5.75 Å². The highest BCUT2D eigenvalue weighted by Gasteiger charge is 2.24. The molecular weight excluding hydrogens is 444 g/mol. The predicted octanol–water partition coefficient (Wildman–Crippen LogP) is 4.76. The van der Waals surface area contributed by atoms with Gasteiger partial charge < -0.3 is 19.5 Å². The quantitative estimate of drug-likeness (QED) is 0.626. The molecule has 146 valence electrons. The third kappa shape index (κ3) is 4.69. The molecule has 0 atom stereocenters. The number of amides is 1. The van der Waals surface area contributed by atoms with Gasteiger partial charge in [0.05, 0.1) is 31.4 Å². The minimum atomic E-state index is -0.197. The van der Waals surface area contributed by atoms with E-state index in [4.69, 9.17) is 14.2 Å². The molecule has 0 radical (unpaired) electrons. The van der Waals surface area contributed by atoms with E-state index in [1.165, 1.54) is 11.8 Å². The molecule has 1 aliphatic rings. The molecule has 1 amide bonds. The van der Waals surface area contributed by atoms with Crippen LogP contribution in [-0.4, -0.2) is 31.9 Å². The van der Waals surface area contributed by atoms with Crippen LogP contribution in [0.15, 0.2) is 50.8 Å². The average Bonchev–Trinajstić information content (AvgIpc) is 3.03. The molecule has 0 aliphatic carbocycles. The highest BCUT2D eigenvalue weighted by molar-refractivity contribution is 9.10. The Morgan fingerprint density at radius 1 is 1.14 bits per heavy atom. The van der Waals surface area contributed by atoms with E-state index < -0.39 is 0 Å². The van der Waals surface area contributed by atoms with Crippen LogP contribution in [0.2, 0.25) is 0 Å². The van der Waals surface area contributed by atoms with Crippen molar-refractivity contribution in [2.24, 2.45) is 4.99 Å². The van der Waals surface area contributed by atoms with Crippen molar-refractivity contribution in [2.75, 3.05) is 20.8 Å². The van der Waals surface area contributed by atoms with Crippen LogP contribution in [0.3, 0.4) is 0 Å². The van der Waals surface area contributed by atoms with E-state index in [1.807, 2.05) is 43.3 Å². The smallest absolute Gasteiger partial charge is 0.264 e. The highest BCUT2D eigenvalue weighted by Crippen LogP contribution is 2.36. The van der Waals surface area contributed by atoms with E-state index in [0.717, 1.165) is 21.5 Å². The van der Waals surface area contributed by atoms with E-state index in [2.05, 4.69) is 26.2 Å². The van der Waals surface area contributed by atoms with Crippen LogP contribution in [0.5, 0.6) is 17.2 Å². The Bertz CT molecular complexity index is 942. The summed E-state index contributed by atoms with van der Waals surface area (Å²) < 4.78 is 16.9. The molecule has 3 rings (SSSR count). The molecule has 0 aromatic heterocycles. The zero-order chi connectivity index (χ0) is 20.1. The summed E-state index contributed by atoms with van der Waals surface area (Å²) in [7, 11) is 3.19. The number of amidine groups is 1. The maximum absolute atomic E-state index is 12.3. The fourth-order valence-electron chi connectivity index (χ4n) is 2.49. The minimum Gasteiger partial charge on any atom is -0.497 e. The van der Waals surface area contributed by atoms with Crippen molar-refractivity contribution in [3.63, 3.8) is 0 Å². The van der Waals surface area contributed by atoms with Gasteiger partial charge in [-0.05, 0) is 66.7 Å². The van der Waals surface area contributed by atoms with Gasteiger partial charge in [-0.25, -0.2) is 4.99 Å². The van der Waals surface area contributed by atoms with Gasteiger partial charge in [-0.15, -0.1) is 0 Å². The van der Waals surface area contributed by atoms with Gasteiger partial charge in [0.25, 0.3) is 5.91 Å². The average molecular weight is 463 g/mol. The molecule has 0 bridgehead atoms. The van der Waals surface area contributed by atoms with E-state index in [1.54, 1.807) is 20.3 Å². The number of nitrogens with one attached hydrogen (secondary N) is 1. The fourth-order valence-corrected chi connectivity index (χ4v) is 3.75. The Morgan fingerprint density at radius 2 is 1.89 bits per heavy atom. The summed E-state index contributed by atoms with van der Waals surface area (Å²) in [4.78, 5) is 17.3. The van der Waals surface area contributed by atoms with Crippen molar-refractivity contribution in [2.45, 2.75) is 6.92 Å². The summed E-state index contributed by atoms with van der Waals surface area (Å²) in [5.74, 6) is 1.80. The molecule has 6 nitrogen and oxygen atoms in total. The first-order valence-electron chi connectivity index (χ1n) is 8.48. The van der Waals surface area contributed by atoms with Crippen LogP contribution >= 0.6 is 27.7 Å². The number of benzene rings is 2. The summed E-state index contributed by atoms with van der Waals surface area (Å²) in [6.07, 6.45) is 1.79. The number of hydrogen-bond donors (Lipinski definition) is 1. The lowest BCUT2D eigenvalue weighted by Gasteiger charge is -2.11. The number of carbonyl (C=O) groups is 1. The monoisotopic (exact) mass is 462 g/mol. The molecule has 1 heterocycles. The zero-order valence-electron chi connectivity index (χ0n) is 15.6. The van der Waals surface area contributed by atoms with Gasteiger partial charge in [0.2, 0.25) is 0 Å². The molecule has 0 spiro atoms. The summed E-state index contributed by atoms with van der Waals surface area (Å²) in [5.41, 5.74) is 1.54. The molecule has 8 heteroatoms. The fraction of sp³-hybridized carbons (Fsp3) is 0.200. The van der Waals surface area contributed by atoms with E-state index >= 15 is 0 Å². The lowest BCUT2D eigenvalue weighted by Crippen LogP contribution is -2.19. The number of thioether (sulfide) groups is 1. The summed E-state index contributed by atoms with van der Waals surface area (Å²) in [6, 6.07) is 11.0. The second-order valence-electron chi connectivity index (χ2n) is 5.64. The zero-order valence-corrected chi connectivity index (χ0v) is 18.0. The third-order valence-electron chi connectivity index (χ3n) is 3.82. The van der Waals surface area contributed by atoms with Crippen molar-refractivity contribution >= 4 is 50.5 Å². The molecular formula is C20H19BrN2O4S. The van der Waals surface area contributed by atoms with Gasteiger partial charge in [-0.2, -0.15) is 0 Å². The lowest BCUT2D eigenvalue weighted by molar-refractivity contribution is -0.115. The van der Waals surface area contributed by atoms with Gasteiger partial charge in [-0.1, -0.05) is 15.9 Å². The van der Waals surface area contributed by atoms with Crippen LogP contribution in [0.25, 0.3) is 6.08 Å². The maximum Gasteiger partial charge on any atom is 0.264 e. The van der Waals surface area contributed by atoms with E-state index in [-0.39, 0.29) is 5.91 Å². The summed E-state index contributed by atoms with van der Waals surface area (Å²) in [5, 5.41) is 3.31. The van der Waals surface area contributed by atoms with E-state index in [0.29, 0.717) is 28.2 Å². The minimum absolute atomic E-state index is 0.197. The number of aliphatic imine (C=N–C) groups is 1. The molecule has 1 aliphatic heterocycles. The Labute approximate surface area is 176 Å². The Kier molecular flexibility index (Phi) is 6.64. The molecule has 0 unspecified atom stereocenters. The number of carbonyl (C=O) groups excluding carboxylic acids is 1. The van der Waals surface area contributed by atoms with Gasteiger partial charge >= 0.3 is 0 Å². The van der Waals surface area contributed by atoms with Crippen molar-refractivity contribution in [3.8, 4) is 17.2 Å². The van der Waals surface area contributed by atoms with Crippen molar-refractivity contribution in [1.29, 1.82) is 0 Å². The van der Waals surface area contributed by atoms with Gasteiger partial charge in [-0.3, -0.25) is 4.79 Å². The largest absolute Gasteiger partial charge is 0.497 e. The normalized spacial score (nSPS) is 16.4. The molecule has 1 N–H and O–H groups in total. The number of ether oxygens (including phenoxy) is 3. The molecule has 1 saturated heterocycles. The maximum atomic E-state index is 12.3. The predicted molar refractivity (Wildman–Crippen MR) is 116 cm³/mol. The number of rotatable bonds is 6. The first-order valence-corrected chi connectivity index (χ1v) is 10.1. The number of methoxy groups -OCH3 is 2. The SMILES string of the molecule is CCOc1cc(Br)c(/C=C2/SC(=Nc3ccc(OC)cc3)NC2=O)cc1OC. The summed E-state index contributed by atoms with van der Waals surface area (Å²) in [6.45, 7) is 2.44. The van der Waals surface area contributed by atoms with Crippen molar-refractivity contribution < 1.29 is 19.0 Å². The van der Waals surface area contributed by atoms with Crippen molar-refractivity contribution in [3.05, 3.63) is 51.3 Å². The standard InChI is InChI=1S/C20H19BrN2O4S/c1-4-27-17-11-15(21)12(9-16(17)26-3)10-18-19(24)23-20(28-18)22-13-5-7-14(25-2)8-6-13/h5-11H,4H2,1-3H3,(H,22,23,24)/b18-10+. The topological polar surface area (TPSA) is 69.2 Å². The van der Waals surface area contributed by atoms with Crippen LogP contribution in [0.4, 0.5) is 5.69 Å². The lowest BCUT2D eigenvalue weighted by atomic mass is 10.2. The van der Waals surface area contributed by atoms with Crippen molar-refractivity contribution in [1.82, 2.24) is 5.32 Å². The van der Waals surface area contributed by atoms with Gasteiger partial charge in [0, 0.05) is 4.47 Å². The van der Waals surface area contributed by atoms with Crippen LogP contribution in [0, 0.1) is 0 Å². The highest BCUT2D eigenvalue weighted by atomic mass is 79.9. The van der Waals surface area contributed by atoms with Gasteiger partial charge in [0.15, 0.2) is 16.7 Å². The molecule has 28 heavy (non-hydrogen) atoms. The number of hydrogen-bond acceptors (Lipinski definition) is 6. The Hall–Kier alpha value is -2.45. The van der Waals surface area contributed by atoms with Crippen LogP contribution < -0.4 is 19.5 Å². The second kappa shape index (κ2) is 9.16. The summed E-state index contributed by atoms with van der Waals surface area (Å²) >= 11 is 4.81. The third-order valence-corrected chi connectivity index (χ3v) is 5.42. The molecule has 1 fully saturated rings. The first-order chi connectivity index (χ1) is 13.5. The molecule has 0 saturated carbocycles. The van der Waals surface area contributed by atoms with Crippen LogP contribution in [0.1, 0.15) is 12.5 Å². The first kappa shape index (κ1) is 20.3. The second-order valence-corrected chi connectivity index (χ2v) is 7.52. The molecule has 2 aromatic carbocycles. The molecule has 2 aromatic rings.